The van der Waals surface area contributed by atoms with E-state index in [9.17, 15) is 0 Å². The fourth-order valence-corrected chi connectivity index (χ4v) is 3.14. The number of aromatic nitrogens is 2. The maximum atomic E-state index is 6.03. The number of halogens is 1. The van der Waals surface area contributed by atoms with Gasteiger partial charge in [-0.3, -0.25) is 0 Å². The Kier molecular flexibility index (Phi) is 7.15. The van der Waals surface area contributed by atoms with E-state index < -0.39 is 0 Å². The van der Waals surface area contributed by atoms with Crippen LogP contribution in [0.15, 0.2) is 0 Å². The molecule has 0 aliphatic rings. The summed E-state index contributed by atoms with van der Waals surface area (Å²) in [5.74, 6) is 1.75. The van der Waals surface area contributed by atoms with Crippen LogP contribution in [0.2, 0.25) is 0 Å². The maximum absolute atomic E-state index is 6.03. The lowest BCUT2D eigenvalue weighted by atomic mass is 9.95. The van der Waals surface area contributed by atoms with Crippen molar-refractivity contribution in [2.75, 3.05) is 18.5 Å². The van der Waals surface area contributed by atoms with Gasteiger partial charge < -0.3 is 10.1 Å². The molecule has 0 spiro atoms. The molecule has 20 heavy (non-hydrogen) atoms. The van der Waals surface area contributed by atoms with Gasteiger partial charge in [0.2, 0.25) is 0 Å². The molecule has 0 radical (unpaired) electrons. The normalized spacial score (nSPS) is 11.7. The minimum absolute atomic E-state index is 0.368. The largest absolute Gasteiger partial charge is 0.369 e. The molecule has 1 rings (SSSR count). The molecule has 0 atom stereocenters. The van der Waals surface area contributed by atoms with Crippen molar-refractivity contribution in [2.24, 2.45) is 0 Å². The minimum Gasteiger partial charge on any atom is -0.369 e. The SMILES string of the molecule is CCNc1nc(C(CC)(CC)OCC)nc(CC)c1I. The third kappa shape index (κ3) is 3.61. The summed E-state index contributed by atoms with van der Waals surface area (Å²) in [7, 11) is 0. The van der Waals surface area contributed by atoms with E-state index in [1.54, 1.807) is 0 Å². The molecule has 1 aromatic heterocycles. The third-order valence-electron chi connectivity index (χ3n) is 3.57. The highest BCUT2D eigenvalue weighted by Gasteiger charge is 2.33. The van der Waals surface area contributed by atoms with E-state index in [1.165, 1.54) is 0 Å². The molecule has 1 heterocycles. The number of anilines is 1. The number of rotatable bonds is 8. The molecule has 1 N–H and O–H groups in total. The number of ether oxygens (including phenoxy) is 1. The average Bonchev–Trinajstić information content (AvgIpc) is 2.47. The predicted molar refractivity (Wildman–Crippen MR) is 92.2 cm³/mol. The monoisotopic (exact) mass is 391 g/mol. The molecule has 0 aliphatic heterocycles. The minimum atomic E-state index is -0.368. The second-order valence-electron chi connectivity index (χ2n) is 4.67. The Bertz CT molecular complexity index is 433. The van der Waals surface area contributed by atoms with Crippen LogP contribution in [0, 0.1) is 3.57 Å². The van der Waals surface area contributed by atoms with Crippen LogP contribution in [0.4, 0.5) is 5.82 Å². The van der Waals surface area contributed by atoms with Crippen molar-refractivity contribution < 1.29 is 4.74 Å². The number of nitrogens with zero attached hydrogens (tertiary/aromatic N) is 2. The zero-order valence-corrected chi connectivity index (χ0v) is 15.4. The second kappa shape index (κ2) is 8.12. The molecule has 0 fully saturated rings. The number of hydrogen-bond donors (Lipinski definition) is 1. The number of aryl methyl sites for hydroxylation is 1. The van der Waals surface area contributed by atoms with Crippen LogP contribution >= 0.6 is 22.6 Å². The van der Waals surface area contributed by atoms with E-state index in [2.05, 4.69) is 55.6 Å². The van der Waals surface area contributed by atoms with E-state index >= 15 is 0 Å². The van der Waals surface area contributed by atoms with E-state index in [0.29, 0.717) is 6.61 Å². The Morgan fingerprint density at radius 3 is 2.20 bits per heavy atom. The van der Waals surface area contributed by atoms with Crippen molar-refractivity contribution in [1.82, 2.24) is 9.97 Å². The molecule has 1 aromatic rings. The van der Waals surface area contributed by atoms with E-state index in [0.717, 1.165) is 46.7 Å². The molecule has 0 saturated heterocycles. The average molecular weight is 391 g/mol. The van der Waals surface area contributed by atoms with Gasteiger partial charge in [-0.05, 0) is 55.7 Å². The molecule has 0 bridgehead atoms. The zero-order chi connectivity index (χ0) is 15.2. The summed E-state index contributed by atoms with van der Waals surface area (Å²) < 4.78 is 7.15. The maximum Gasteiger partial charge on any atom is 0.162 e. The third-order valence-corrected chi connectivity index (χ3v) is 4.70. The van der Waals surface area contributed by atoms with Gasteiger partial charge in [-0.25, -0.2) is 9.97 Å². The van der Waals surface area contributed by atoms with Gasteiger partial charge in [-0.1, -0.05) is 20.8 Å². The summed E-state index contributed by atoms with van der Waals surface area (Å²) in [6.45, 7) is 12.0. The molecule has 0 aromatic carbocycles. The van der Waals surface area contributed by atoms with E-state index in [-0.39, 0.29) is 5.60 Å². The highest BCUT2D eigenvalue weighted by Crippen LogP contribution is 2.33. The molecule has 114 valence electrons. The van der Waals surface area contributed by atoms with Gasteiger partial charge in [0, 0.05) is 13.2 Å². The molecular formula is C15H26IN3O. The van der Waals surface area contributed by atoms with E-state index in [1.807, 2.05) is 6.92 Å². The standard InChI is InChI=1S/C15H26IN3O/c1-6-11-12(16)13(17-9-4)19-14(18-11)15(7-2,8-3)20-10-5/h6-10H2,1-5H3,(H,17,18,19). The topological polar surface area (TPSA) is 47.0 Å². The summed E-state index contributed by atoms with van der Waals surface area (Å²) in [5, 5.41) is 3.34. The first-order chi connectivity index (χ1) is 9.58. The Morgan fingerprint density at radius 2 is 1.75 bits per heavy atom. The van der Waals surface area contributed by atoms with Gasteiger partial charge in [0.1, 0.15) is 11.4 Å². The van der Waals surface area contributed by atoms with Crippen molar-refractivity contribution >= 4 is 28.4 Å². The van der Waals surface area contributed by atoms with Crippen LogP contribution in [0.1, 0.15) is 59.0 Å². The van der Waals surface area contributed by atoms with Crippen LogP contribution in [-0.4, -0.2) is 23.1 Å². The van der Waals surface area contributed by atoms with Gasteiger partial charge in [-0.2, -0.15) is 0 Å². The summed E-state index contributed by atoms with van der Waals surface area (Å²) >= 11 is 2.33. The highest BCUT2D eigenvalue weighted by atomic mass is 127. The molecule has 4 nitrogen and oxygen atoms in total. The fourth-order valence-electron chi connectivity index (χ4n) is 2.33. The van der Waals surface area contributed by atoms with Gasteiger partial charge in [0.05, 0.1) is 9.26 Å². The molecule has 5 heteroatoms. The Labute approximate surface area is 136 Å². The van der Waals surface area contributed by atoms with Gasteiger partial charge >= 0.3 is 0 Å². The summed E-state index contributed by atoms with van der Waals surface area (Å²) in [6.07, 6.45) is 2.67. The fraction of sp³-hybridized carbons (Fsp3) is 0.733. The summed E-state index contributed by atoms with van der Waals surface area (Å²) in [5.41, 5.74) is 0.727. The smallest absolute Gasteiger partial charge is 0.162 e. The molecule has 0 aliphatic carbocycles. The molecular weight excluding hydrogens is 365 g/mol. The van der Waals surface area contributed by atoms with Crippen LogP contribution in [0.5, 0.6) is 0 Å². The lowest BCUT2D eigenvalue weighted by molar-refractivity contribution is -0.0572. The Hall–Kier alpha value is -0.430. The van der Waals surface area contributed by atoms with Gasteiger partial charge in [0.15, 0.2) is 5.82 Å². The van der Waals surface area contributed by atoms with Crippen molar-refractivity contribution in [2.45, 2.75) is 59.5 Å². The van der Waals surface area contributed by atoms with E-state index in [4.69, 9.17) is 14.7 Å². The van der Waals surface area contributed by atoms with Crippen LogP contribution in [-0.2, 0) is 16.8 Å². The predicted octanol–water partition coefficient (Wildman–Crippen LogP) is 4.13. The summed E-state index contributed by atoms with van der Waals surface area (Å²) in [6, 6.07) is 0. The van der Waals surface area contributed by atoms with Crippen LogP contribution in [0.25, 0.3) is 0 Å². The lowest BCUT2D eigenvalue weighted by Crippen LogP contribution is -2.32. The second-order valence-corrected chi connectivity index (χ2v) is 5.75. The molecule has 0 saturated carbocycles. The molecule has 0 amide bonds. The Morgan fingerprint density at radius 1 is 1.10 bits per heavy atom. The summed E-state index contributed by atoms with van der Waals surface area (Å²) in [4.78, 5) is 9.53. The Balaban J connectivity index is 3.38. The lowest BCUT2D eigenvalue weighted by Gasteiger charge is -2.30. The molecule has 0 unspecified atom stereocenters. The van der Waals surface area contributed by atoms with Crippen molar-refractivity contribution in [1.29, 1.82) is 0 Å². The van der Waals surface area contributed by atoms with Crippen molar-refractivity contribution in [3.8, 4) is 0 Å². The quantitative estimate of drug-likeness (QED) is 0.677. The first-order valence-electron chi connectivity index (χ1n) is 7.53. The zero-order valence-electron chi connectivity index (χ0n) is 13.2. The van der Waals surface area contributed by atoms with Crippen LogP contribution < -0.4 is 5.32 Å². The van der Waals surface area contributed by atoms with Gasteiger partial charge in [-0.15, -0.1) is 0 Å². The van der Waals surface area contributed by atoms with Crippen molar-refractivity contribution in [3.63, 3.8) is 0 Å². The van der Waals surface area contributed by atoms with Crippen LogP contribution in [0.3, 0.4) is 0 Å². The first kappa shape index (κ1) is 17.6. The number of nitrogens with one attached hydrogen (secondary N) is 1. The van der Waals surface area contributed by atoms with Gasteiger partial charge in [0.25, 0.3) is 0 Å². The van der Waals surface area contributed by atoms with Crippen molar-refractivity contribution in [3.05, 3.63) is 15.1 Å². The first-order valence-corrected chi connectivity index (χ1v) is 8.60. The number of hydrogen-bond acceptors (Lipinski definition) is 4. The highest BCUT2D eigenvalue weighted by molar-refractivity contribution is 14.1.